The Labute approximate surface area is 123 Å². The minimum atomic E-state index is -1.01. The predicted octanol–water partition coefficient (Wildman–Crippen LogP) is 2.85. The first kappa shape index (κ1) is 14.6. The molecule has 1 amide bonds. The van der Waals surface area contributed by atoms with Crippen LogP contribution in [0.15, 0.2) is 12.1 Å². The van der Waals surface area contributed by atoms with E-state index in [1.165, 1.54) is 6.07 Å². The second-order valence-corrected chi connectivity index (χ2v) is 6.96. The average Bonchev–Trinajstić information content (AvgIpc) is 2.95. The number of thiophene rings is 1. The normalized spacial score (nSPS) is 11.3. The van der Waals surface area contributed by atoms with Crippen LogP contribution in [-0.4, -0.2) is 26.6 Å². The molecular formula is C12H13N3O3S2. The average molecular weight is 311 g/mol. The number of hydrogen-bond acceptors (Lipinski definition) is 6. The molecule has 0 aliphatic heterocycles. The van der Waals surface area contributed by atoms with Crippen LogP contribution in [0.1, 0.15) is 45.8 Å². The fraction of sp³-hybridized carbons (Fsp3) is 0.333. The molecular weight excluding hydrogens is 298 g/mol. The van der Waals surface area contributed by atoms with Crippen LogP contribution >= 0.6 is 22.9 Å². The van der Waals surface area contributed by atoms with Gasteiger partial charge in [0.2, 0.25) is 0 Å². The van der Waals surface area contributed by atoms with Gasteiger partial charge in [-0.1, -0.05) is 25.3 Å². The maximum atomic E-state index is 12.2. The van der Waals surface area contributed by atoms with E-state index >= 15 is 0 Å². The van der Waals surface area contributed by atoms with E-state index in [1.807, 2.05) is 20.8 Å². The van der Waals surface area contributed by atoms with Crippen LogP contribution in [0, 0.1) is 0 Å². The van der Waals surface area contributed by atoms with Crippen molar-refractivity contribution in [3.63, 3.8) is 0 Å². The Morgan fingerprint density at radius 2 is 2.00 bits per heavy atom. The standard InChI is InChI=1S/C12H13N3O3S2/c1-12(2,3)9-8(20-15-14-9)10(16)13-7-5-4-6(19-7)11(17)18/h4-5H,1-3H3,(H,13,16)(H,17,18). The Hall–Kier alpha value is -1.80. The minimum absolute atomic E-state index is 0.179. The van der Waals surface area contributed by atoms with E-state index in [4.69, 9.17) is 5.11 Å². The van der Waals surface area contributed by atoms with Crippen molar-refractivity contribution >= 4 is 39.7 Å². The van der Waals surface area contributed by atoms with Crippen LogP contribution in [-0.2, 0) is 5.41 Å². The van der Waals surface area contributed by atoms with Gasteiger partial charge in [-0.05, 0) is 23.7 Å². The maximum Gasteiger partial charge on any atom is 0.345 e. The van der Waals surface area contributed by atoms with Crippen LogP contribution in [0.25, 0.3) is 0 Å². The summed E-state index contributed by atoms with van der Waals surface area (Å²) in [6.07, 6.45) is 0. The molecule has 0 atom stereocenters. The molecule has 20 heavy (non-hydrogen) atoms. The molecule has 2 heterocycles. The Kier molecular flexibility index (Phi) is 3.87. The van der Waals surface area contributed by atoms with E-state index in [-0.39, 0.29) is 16.2 Å². The number of nitrogens with zero attached hydrogens (tertiary/aromatic N) is 2. The van der Waals surface area contributed by atoms with Crippen LogP contribution in [0.3, 0.4) is 0 Å². The van der Waals surface area contributed by atoms with Crippen LogP contribution in [0.2, 0.25) is 0 Å². The number of amides is 1. The summed E-state index contributed by atoms with van der Waals surface area (Å²) < 4.78 is 3.82. The first-order valence-electron chi connectivity index (χ1n) is 5.76. The molecule has 0 aliphatic carbocycles. The summed E-state index contributed by atoms with van der Waals surface area (Å²) in [6, 6.07) is 3.02. The summed E-state index contributed by atoms with van der Waals surface area (Å²) in [4.78, 5) is 23.6. The van der Waals surface area contributed by atoms with Crippen molar-refractivity contribution in [1.82, 2.24) is 9.59 Å². The summed E-state index contributed by atoms with van der Waals surface area (Å²) >= 11 is 2.04. The van der Waals surface area contributed by atoms with Gasteiger partial charge in [-0.2, -0.15) is 0 Å². The molecule has 2 N–H and O–H groups in total. The van der Waals surface area contributed by atoms with Crippen LogP contribution in [0.5, 0.6) is 0 Å². The third-order valence-corrected chi connectivity index (χ3v) is 4.17. The summed E-state index contributed by atoms with van der Waals surface area (Å²) in [6.45, 7) is 5.86. The Bertz CT molecular complexity index is 655. The van der Waals surface area contributed by atoms with Gasteiger partial charge in [0.1, 0.15) is 9.75 Å². The minimum Gasteiger partial charge on any atom is -0.477 e. The third-order valence-electron chi connectivity index (χ3n) is 2.46. The Morgan fingerprint density at radius 1 is 1.30 bits per heavy atom. The monoisotopic (exact) mass is 311 g/mol. The second-order valence-electron chi connectivity index (χ2n) is 5.12. The molecule has 0 aromatic carbocycles. The van der Waals surface area contributed by atoms with Gasteiger partial charge in [-0.15, -0.1) is 16.4 Å². The van der Waals surface area contributed by atoms with Gasteiger partial charge in [-0.25, -0.2) is 4.79 Å². The highest BCUT2D eigenvalue weighted by Gasteiger charge is 2.26. The van der Waals surface area contributed by atoms with Gasteiger partial charge in [0.05, 0.1) is 10.7 Å². The lowest BCUT2D eigenvalue weighted by molar-refractivity contribution is 0.0702. The number of anilines is 1. The molecule has 0 saturated heterocycles. The van der Waals surface area contributed by atoms with Gasteiger partial charge in [-0.3, -0.25) is 4.79 Å². The molecule has 0 radical (unpaired) electrons. The molecule has 0 fully saturated rings. The van der Waals surface area contributed by atoms with Crippen molar-refractivity contribution < 1.29 is 14.7 Å². The topological polar surface area (TPSA) is 92.2 Å². The Morgan fingerprint density at radius 3 is 2.55 bits per heavy atom. The van der Waals surface area contributed by atoms with Gasteiger partial charge in [0.15, 0.2) is 0 Å². The van der Waals surface area contributed by atoms with Crippen molar-refractivity contribution in [1.29, 1.82) is 0 Å². The Balaban J connectivity index is 2.20. The maximum absolute atomic E-state index is 12.2. The molecule has 0 unspecified atom stereocenters. The molecule has 106 valence electrons. The first-order valence-corrected chi connectivity index (χ1v) is 7.35. The highest BCUT2D eigenvalue weighted by atomic mass is 32.1. The summed E-state index contributed by atoms with van der Waals surface area (Å²) in [5.74, 6) is -1.32. The predicted molar refractivity (Wildman–Crippen MR) is 77.8 cm³/mol. The number of carbonyl (C=O) groups excluding carboxylic acids is 1. The number of aromatic carboxylic acids is 1. The molecule has 0 aliphatic rings. The highest BCUT2D eigenvalue weighted by molar-refractivity contribution is 7.18. The molecule has 0 saturated carbocycles. The number of carboxylic acid groups (broad SMARTS) is 1. The summed E-state index contributed by atoms with van der Waals surface area (Å²) in [7, 11) is 0. The van der Waals surface area contributed by atoms with Crippen molar-refractivity contribution in [2.45, 2.75) is 26.2 Å². The van der Waals surface area contributed by atoms with Crippen LogP contribution < -0.4 is 5.32 Å². The lowest BCUT2D eigenvalue weighted by Crippen LogP contribution is -2.19. The SMILES string of the molecule is CC(C)(C)c1nnsc1C(=O)Nc1ccc(C(=O)O)s1. The van der Waals surface area contributed by atoms with E-state index < -0.39 is 5.97 Å². The van der Waals surface area contributed by atoms with E-state index in [0.29, 0.717) is 15.6 Å². The van der Waals surface area contributed by atoms with Crippen molar-refractivity contribution in [3.05, 3.63) is 27.6 Å². The summed E-state index contributed by atoms with van der Waals surface area (Å²) in [5, 5.41) is 16.0. The van der Waals surface area contributed by atoms with Gasteiger partial charge >= 0.3 is 5.97 Å². The van der Waals surface area contributed by atoms with Gasteiger partial charge in [0, 0.05) is 5.41 Å². The number of hydrogen-bond donors (Lipinski definition) is 2. The zero-order valence-corrected chi connectivity index (χ0v) is 12.8. The van der Waals surface area contributed by atoms with E-state index in [0.717, 1.165) is 22.9 Å². The number of aromatic nitrogens is 2. The van der Waals surface area contributed by atoms with Gasteiger partial charge in [0.25, 0.3) is 5.91 Å². The molecule has 2 aromatic rings. The van der Waals surface area contributed by atoms with Crippen molar-refractivity contribution in [3.8, 4) is 0 Å². The second kappa shape index (κ2) is 5.29. The van der Waals surface area contributed by atoms with E-state index in [9.17, 15) is 9.59 Å². The number of carbonyl (C=O) groups is 2. The van der Waals surface area contributed by atoms with Crippen molar-refractivity contribution in [2.75, 3.05) is 5.32 Å². The fourth-order valence-electron chi connectivity index (χ4n) is 1.52. The number of carboxylic acids is 1. The van der Waals surface area contributed by atoms with Gasteiger partial charge < -0.3 is 10.4 Å². The molecule has 8 heteroatoms. The number of rotatable bonds is 3. The van der Waals surface area contributed by atoms with Crippen molar-refractivity contribution in [2.24, 2.45) is 0 Å². The molecule has 2 aromatic heterocycles. The molecule has 2 rings (SSSR count). The lowest BCUT2D eigenvalue weighted by atomic mass is 9.91. The zero-order chi connectivity index (χ0) is 14.9. The van der Waals surface area contributed by atoms with Crippen LogP contribution in [0.4, 0.5) is 5.00 Å². The smallest absolute Gasteiger partial charge is 0.345 e. The summed E-state index contributed by atoms with van der Waals surface area (Å²) in [5.41, 5.74) is 0.358. The quantitative estimate of drug-likeness (QED) is 0.909. The molecule has 0 bridgehead atoms. The first-order chi connectivity index (χ1) is 9.29. The third kappa shape index (κ3) is 3.02. The highest BCUT2D eigenvalue weighted by Crippen LogP contribution is 2.28. The van der Waals surface area contributed by atoms with E-state index in [2.05, 4.69) is 14.9 Å². The number of nitrogens with one attached hydrogen (secondary N) is 1. The fourth-order valence-corrected chi connectivity index (χ4v) is 3.03. The molecule has 0 spiro atoms. The molecule has 6 nitrogen and oxygen atoms in total. The lowest BCUT2D eigenvalue weighted by Gasteiger charge is -2.15. The largest absolute Gasteiger partial charge is 0.477 e. The zero-order valence-electron chi connectivity index (χ0n) is 11.1. The van der Waals surface area contributed by atoms with E-state index in [1.54, 1.807) is 6.07 Å².